The van der Waals surface area contributed by atoms with Gasteiger partial charge >= 0.3 is 5.97 Å². The Balaban J connectivity index is 0.000000183. The summed E-state index contributed by atoms with van der Waals surface area (Å²) in [5.41, 5.74) is 1.76. The van der Waals surface area contributed by atoms with Crippen LogP contribution in [0.25, 0.3) is 0 Å². The Morgan fingerprint density at radius 3 is 1.75 bits per heavy atom. The minimum absolute atomic E-state index is 0.0232. The molecule has 0 bridgehead atoms. The summed E-state index contributed by atoms with van der Waals surface area (Å²) in [6, 6.07) is 0. The molecule has 3 N–H and O–H groups in total. The Morgan fingerprint density at radius 1 is 0.700 bits per heavy atom. The molecule has 7 nitrogen and oxygen atoms in total. The van der Waals surface area contributed by atoms with Crippen LogP contribution in [-0.2, 0) is 19.1 Å². The van der Waals surface area contributed by atoms with Gasteiger partial charge in [-0.3, -0.25) is 14.4 Å². The summed E-state index contributed by atoms with van der Waals surface area (Å²) in [5.74, 6) is 5.23. The van der Waals surface area contributed by atoms with Gasteiger partial charge in [0.15, 0.2) is 5.78 Å². The lowest BCUT2D eigenvalue weighted by Gasteiger charge is -2.62. The van der Waals surface area contributed by atoms with Gasteiger partial charge in [0.1, 0.15) is 5.78 Å². The second kappa shape index (κ2) is 17.4. The van der Waals surface area contributed by atoms with Gasteiger partial charge in [-0.05, 0) is 197 Å². The zero-order valence-electron chi connectivity index (χ0n) is 39.5. The summed E-state index contributed by atoms with van der Waals surface area (Å²) in [5, 5.41) is 31.5. The average Bonchev–Trinajstić information content (AvgIpc) is 3.75. The van der Waals surface area contributed by atoms with Crippen molar-refractivity contribution >= 4 is 17.5 Å². The Labute approximate surface area is 364 Å². The summed E-state index contributed by atoms with van der Waals surface area (Å²) in [4.78, 5) is 39.6. The molecule has 0 saturated heterocycles. The first kappa shape index (κ1) is 46.4. The molecule has 0 heterocycles. The summed E-state index contributed by atoms with van der Waals surface area (Å²) >= 11 is 0. The Bertz CT molecular complexity index is 1620. The minimum atomic E-state index is -0.664. The van der Waals surface area contributed by atoms with E-state index < -0.39 is 6.10 Å². The third-order valence-corrected chi connectivity index (χ3v) is 21.1. The lowest BCUT2D eigenvalue weighted by Crippen LogP contribution is -2.62. The highest BCUT2D eigenvalue weighted by Crippen LogP contribution is 2.70. The van der Waals surface area contributed by atoms with Crippen LogP contribution in [0.15, 0.2) is 11.6 Å². The average molecular weight is 835 g/mol. The zero-order valence-corrected chi connectivity index (χ0v) is 39.5. The first-order chi connectivity index (χ1) is 28.3. The number of carbonyl (C=O) groups is 3. The van der Waals surface area contributed by atoms with Crippen molar-refractivity contribution in [3.63, 3.8) is 0 Å². The van der Waals surface area contributed by atoms with Crippen molar-refractivity contribution < 1.29 is 34.4 Å². The molecule has 0 aromatic rings. The van der Waals surface area contributed by atoms with Crippen molar-refractivity contribution in [2.75, 3.05) is 7.11 Å². The topological polar surface area (TPSA) is 121 Å². The van der Waals surface area contributed by atoms with Crippen LogP contribution in [0.2, 0.25) is 0 Å². The molecule has 0 aliphatic heterocycles. The molecule has 8 fully saturated rings. The van der Waals surface area contributed by atoms with Crippen molar-refractivity contribution in [1.82, 2.24) is 0 Å². The molecule has 8 aliphatic rings. The van der Waals surface area contributed by atoms with Gasteiger partial charge in [-0.25, -0.2) is 0 Å². The lowest BCUT2D eigenvalue weighted by molar-refractivity contribution is -0.181. The number of hydrogen-bond donors (Lipinski definition) is 3. The predicted octanol–water partition coefficient (Wildman–Crippen LogP) is 10.6. The molecule has 7 heteroatoms. The first-order valence-corrected chi connectivity index (χ1v) is 25.2. The van der Waals surface area contributed by atoms with E-state index in [1.165, 1.54) is 45.6 Å². The number of aliphatic hydroxyl groups excluding tert-OH is 3. The highest BCUT2D eigenvalue weighted by atomic mass is 16.5. The van der Waals surface area contributed by atoms with E-state index in [1.807, 2.05) is 0 Å². The normalized spacial score (nSPS) is 49.1. The molecule has 60 heavy (non-hydrogen) atoms. The quantitative estimate of drug-likeness (QED) is 0.164. The van der Waals surface area contributed by atoms with Gasteiger partial charge < -0.3 is 20.1 Å². The Morgan fingerprint density at radius 2 is 1.20 bits per heavy atom. The molecule has 8 aliphatic carbocycles. The van der Waals surface area contributed by atoms with Crippen LogP contribution in [0.3, 0.4) is 0 Å². The predicted molar refractivity (Wildman–Crippen MR) is 237 cm³/mol. The summed E-state index contributed by atoms with van der Waals surface area (Å²) < 4.78 is 4.86. The van der Waals surface area contributed by atoms with Gasteiger partial charge in [0.25, 0.3) is 0 Å². The van der Waals surface area contributed by atoms with E-state index >= 15 is 0 Å². The number of carbonyl (C=O) groups excluding carboxylic acids is 3. The number of rotatable bonds is 8. The Hall–Kier alpha value is -1.57. The van der Waals surface area contributed by atoms with Crippen molar-refractivity contribution in [2.45, 2.75) is 196 Å². The van der Waals surface area contributed by atoms with E-state index in [0.717, 1.165) is 81.6 Å². The number of Topliss-reactive ketones (excluding diaryl/α,β-unsaturated/α-hetero) is 2. The van der Waals surface area contributed by atoms with Gasteiger partial charge in [0.2, 0.25) is 0 Å². The molecule has 340 valence electrons. The third-order valence-electron chi connectivity index (χ3n) is 21.1. The van der Waals surface area contributed by atoms with Crippen LogP contribution in [0, 0.1) is 98.6 Å². The third kappa shape index (κ3) is 7.46. The maximum Gasteiger partial charge on any atom is 0.305 e. The number of esters is 1. The highest BCUT2D eigenvalue weighted by Gasteiger charge is 2.67. The second-order valence-electron chi connectivity index (χ2n) is 23.6. The van der Waals surface area contributed by atoms with E-state index in [1.54, 1.807) is 6.92 Å². The van der Waals surface area contributed by atoms with Crippen LogP contribution in [0.1, 0.15) is 178 Å². The van der Waals surface area contributed by atoms with Gasteiger partial charge in [0, 0.05) is 24.2 Å². The molecular formula is C53H86O7. The fourth-order valence-electron chi connectivity index (χ4n) is 18.1. The number of ether oxygens (including phenoxy) is 1. The maximum absolute atomic E-state index is 14.0. The number of hydrogen-bond acceptors (Lipinski definition) is 7. The SMILES string of the molecule is CC=C1C(=O)[C@H]2C3CC[C@H]([C@H](C)CCC)[C@@]3(C)CCC2[C@@]2(C)CC[C@@H](O)C[C@@H]12.COC(=O)CC[C@@H](C)[C@H]1CCC2[C@@H]3C(=O)C(C(C)O)[C@@H]4C[C@H](O)CC[C@]4(C)C3CC[C@@]21C. The van der Waals surface area contributed by atoms with Crippen LogP contribution in [-0.4, -0.2) is 58.3 Å². The van der Waals surface area contributed by atoms with Crippen LogP contribution < -0.4 is 0 Å². The number of ketones is 2. The van der Waals surface area contributed by atoms with Gasteiger partial charge in [-0.15, -0.1) is 0 Å². The van der Waals surface area contributed by atoms with Crippen molar-refractivity contribution in [3.8, 4) is 0 Å². The molecule has 6 unspecified atom stereocenters. The molecule has 8 rings (SSSR count). The lowest BCUT2D eigenvalue weighted by atomic mass is 9.41. The zero-order chi connectivity index (χ0) is 43.7. The molecule has 0 radical (unpaired) electrons. The van der Waals surface area contributed by atoms with Gasteiger partial charge in [-0.1, -0.05) is 67.4 Å². The fourth-order valence-corrected chi connectivity index (χ4v) is 18.1. The van der Waals surface area contributed by atoms with E-state index in [0.29, 0.717) is 59.5 Å². The van der Waals surface area contributed by atoms with Crippen LogP contribution in [0.4, 0.5) is 0 Å². The standard InChI is InChI=1S/C27H44O5.C26H42O2/c1-15(6-9-22(30)32-5)18-7-8-19-24-20(11-13-26(18,19)3)27(4)12-10-17(29)14-21(27)23(16(2)28)25(24)31;1-6-8-16(3)19-9-10-20-23-21(12-14-25(19,20)4)26(5)13-11-17(27)15-22(26)18(7-2)24(23)28/h15-21,23-24,28-29H,6-14H2,1-5H3;7,16-17,19-23,27H,6,8-15H2,1-5H3/t15-,16?,17-,18-,19?,20?,21+,23?,24+,26-,27-;16-,17-,19-,20?,21?,22+,23+,25-,26-/m11/s1. The molecule has 0 amide bonds. The number of aliphatic hydroxyl groups is 3. The Kier molecular flexibility index (Phi) is 13.5. The van der Waals surface area contributed by atoms with E-state index in [-0.39, 0.29) is 69.8 Å². The molecule has 8 saturated carbocycles. The van der Waals surface area contributed by atoms with Gasteiger partial charge in [-0.2, -0.15) is 0 Å². The number of allylic oxidation sites excluding steroid dienone is 2. The largest absolute Gasteiger partial charge is 0.469 e. The monoisotopic (exact) mass is 835 g/mol. The summed E-state index contributed by atoms with van der Waals surface area (Å²) in [7, 11) is 1.45. The molecule has 20 atom stereocenters. The van der Waals surface area contributed by atoms with Crippen molar-refractivity contribution in [3.05, 3.63) is 11.6 Å². The highest BCUT2D eigenvalue weighted by molar-refractivity contribution is 5.99. The smallest absolute Gasteiger partial charge is 0.305 e. The van der Waals surface area contributed by atoms with E-state index in [4.69, 9.17) is 4.74 Å². The van der Waals surface area contributed by atoms with Gasteiger partial charge in [0.05, 0.1) is 25.4 Å². The summed E-state index contributed by atoms with van der Waals surface area (Å²) in [6.07, 6.45) is 19.5. The number of fused-ring (bicyclic) bond motifs is 10. The van der Waals surface area contributed by atoms with Crippen molar-refractivity contribution in [2.24, 2.45) is 98.6 Å². The molecule has 0 aromatic heterocycles. The maximum atomic E-state index is 14.0. The molecule has 0 aromatic carbocycles. The first-order valence-electron chi connectivity index (χ1n) is 25.2. The molecule has 0 spiro atoms. The van der Waals surface area contributed by atoms with Crippen molar-refractivity contribution in [1.29, 1.82) is 0 Å². The fraction of sp³-hybridized carbons (Fsp3) is 0.906. The van der Waals surface area contributed by atoms with Crippen LogP contribution in [0.5, 0.6) is 0 Å². The minimum Gasteiger partial charge on any atom is -0.469 e. The number of methoxy groups -OCH3 is 1. The second-order valence-corrected chi connectivity index (χ2v) is 23.6. The van der Waals surface area contributed by atoms with E-state index in [9.17, 15) is 29.7 Å². The van der Waals surface area contributed by atoms with E-state index in [2.05, 4.69) is 61.5 Å². The van der Waals surface area contributed by atoms with Crippen LogP contribution >= 0.6 is 0 Å². The summed E-state index contributed by atoms with van der Waals surface area (Å²) in [6.45, 7) is 20.6. The molecular weight excluding hydrogens is 749 g/mol.